The van der Waals surface area contributed by atoms with Crippen molar-refractivity contribution >= 4 is 11.0 Å². The van der Waals surface area contributed by atoms with Crippen LogP contribution >= 0.6 is 0 Å². The van der Waals surface area contributed by atoms with Gasteiger partial charge in [0.25, 0.3) is 5.75 Å². The molecule has 1 heterocycles. The first kappa shape index (κ1) is 22.2. The third-order valence-electron chi connectivity index (χ3n) is 4.21. The number of rotatable bonds is 10. The zero-order valence-corrected chi connectivity index (χ0v) is 16.4. The summed E-state index contributed by atoms with van der Waals surface area (Å²) in [7, 11) is 0. The number of benzene rings is 2. The minimum absolute atomic E-state index is 0.0112. The average molecular weight is 435 g/mol. The fourth-order valence-electron chi connectivity index (χ4n) is 2.91. The van der Waals surface area contributed by atoms with Gasteiger partial charge in [-0.15, -0.1) is 0 Å². The van der Waals surface area contributed by atoms with E-state index in [1.165, 1.54) is 30.3 Å². The summed E-state index contributed by atoms with van der Waals surface area (Å²) in [5.41, 5.74) is -0.266. The maximum Gasteiger partial charge on any atom is 0.399 e. The molecule has 0 radical (unpaired) electrons. The van der Waals surface area contributed by atoms with Crippen LogP contribution in [0.25, 0.3) is 22.3 Å². The molecule has 0 aliphatic carbocycles. The number of aliphatic hydroxyl groups excluding tert-OH is 3. The van der Waals surface area contributed by atoms with Crippen LogP contribution in [0, 0.1) is 0 Å². The minimum atomic E-state index is -0.607. The van der Waals surface area contributed by atoms with Crippen LogP contribution in [0.15, 0.2) is 34.7 Å². The maximum absolute atomic E-state index is 10.5. The number of phenols is 1. The Kier molecular flexibility index (Phi) is 7.19. The molecule has 0 saturated carbocycles. The van der Waals surface area contributed by atoms with Crippen LogP contribution in [-0.4, -0.2) is 70.0 Å². The smallest absolute Gasteiger partial charge is 0.399 e. The number of hydrogen-bond donors (Lipinski definition) is 5. The van der Waals surface area contributed by atoms with E-state index in [1.807, 2.05) is 0 Å². The fourth-order valence-corrected chi connectivity index (χ4v) is 2.91. The molecule has 0 spiro atoms. The SMILES string of the molecule is OCCOc1cc(O)c2c(=[OH+])c(O)c(-c3ccc(OCCO)c(OCCO)c3)oc2c1. The highest BCUT2D eigenvalue weighted by Gasteiger charge is 2.24. The number of phenolic OH excluding ortho intramolecular Hbond substituents is 1. The largest absolute Gasteiger partial charge is 0.507 e. The second-order valence-electron chi connectivity index (χ2n) is 6.32. The van der Waals surface area contributed by atoms with E-state index < -0.39 is 11.2 Å². The van der Waals surface area contributed by atoms with E-state index in [9.17, 15) is 15.0 Å². The molecule has 3 rings (SSSR count). The monoisotopic (exact) mass is 435 g/mol. The Bertz CT molecular complexity index is 1110. The van der Waals surface area contributed by atoms with Gasteiger partial charge in [-0.1, -0.05) is 0 Å². The van der Waals surface area contributed by atoms with Gasteiger partial charge in [0.05, 0.1) is 19.8 Å². The standard InChI is InChI=1S/C21H22O10/c22-3-6-28-13-10-14(25)18-17(11-13)31-21(20(27)19(18)26)12-1-2-15(29-7-4-23)16(9-12)30-8-5-24/h1-2,9-11,22-25,27H,3-8H2/p+1. The number of hydrogen-bond acceptors (Lipinski definition) is 9. The molecule has 0 aliphatic rings. The van der Waals surface area contributed by atoms with Gasteiger partial charge in [0, 0.05) is 17.7 Å². The Balaban J connectivity index is 2.12. The van der Waals surface area contributed by atoms with E-state index >= 15 is 0 Å². The van der Waals surface area contributed by atoms with Crippen LogP contribution < -0.4 is 19.6 Å². The van der Waals surface area contributed by atoms with Crippen LogP contribution in [-0.2, 0) is 0 Å². The molecular weight excluding hydrogens is 412 g/mol. The van der Waals surface area contributed by atoms with Gasteiger partial charge in [0.2, 0.25) is 0 Å². The van der Waals surface area contributed by atoms with Crippen LogP contribution in [0.2, 0.25) is 0 Å². The van der Waals surface area contributed by atoms with Gasteiger partial charge in [0.1, 0.15) is 31.3 Å². The summed E-state index contributed by atoms with van der Waals surface area (Å²) < 4.78 is 21.9. The van der Waals surface area contributed by atoms with E-state index in [-0.39, 0.29) is 73.6 Å². The van der Waals surface area contributed by atoms with E-state index in [2.05, 4.69) is 0 Å². The summed E-state index contributed by atoms with van der Waals surface area (Å²) >= 11 is 0. The minimum Gasteiger partial charge on any atom is -0.507 e. The predicted octanol–water partition coefficient (Wildman–Crippen LogP) is 0.629. The molecule has 0 amide bonds. The number of fused-ring (bicyclic) bond motifs is 1. The quantitative estimate of drug-likeness (QED) is 0.287. The topological polar surface area (TPSA) is 163 Å². The Labute approximate surface area is 176 Å². The van der Waals surface area contributed by atoms with Crippen molar-refractivity contribution in [1.29, 1.82) is 0 Å². The van der Waals surface area contributed by atoms with Crippen LogP contribution in [0.5, 0.6) is 28.7 Å². The molecule has 10 nitrogen and oxygen atoms in total. The van der Waals surface area contributed by atoms with Crippen LogP contribution in [0.4, 0.5) is 0 Å². The first-order valence-electron chi connectivity index (χ1n) is 9.40. The highest BCUT2D eigenvalue weighted by molar-refractivity contribution is 5.87. The van der Waals surface area contributed by atoms with Gasteiger partial charge in [-0.2, -0.15) is 0 Å². The van der Waals surface area contributed by atoms with Gasteiger partial charge in [-0.05, 0) is 18.2 Å². The van der Waals surface area contributed by atoms with Crippen molar-refractivity contribution < 1.29 is 49.0 Å². The summed E-state index contributed by atoms with van der Waals surface area (Å²) in [6, 6.07) is 7.15. The lowest BCUT2D eigenvalue weighted by molar-refractivity contribution is 0.178. The van der Waals surface area contributed by atoms with Crippen molar-refractivity contribution in [2.45, 2.75) is 0 Å². The van der Waals surface area contributed by atoms with Crippen LogP contribution in [0.1, 0.15) is 0 Å². The molecule has 1 aromatic heterocycles. The normalized spacial score (nSPS) is 10.9. The Hall–Kier alpha value is -3.47. The molecule has 0 atom stereocenters. The average Bonchev–Trinajstić information content (AvgIpc) is 2.77. The molecule has 6 N–H and O–H groups in total. The summed E-state index contributed by atoms with van der Waals surface area (Å²) in [6.45, 7) is -0.695. The van der Waals surface area contributed by atoms with Gasteiger partial charge in [-0.3, -0.25) is 4.79 Å². The molecular formula is C21H23O10+. The summed E-state index contributed by atoms with van der Waals surface area (Å²) in [5.74, 6) is -0.396. The van der Waals surface area contributed by atoms with Gasteiger partial charge < -0.3 is 44.2 Å². The highest BCUT2D eigenvalue weighted by Crippen LogP contribution is 2.38. The first-order chi connectivity index (χ1) is 15.0. The fraction of sp³-hybridized carbons (Fsp3) is 0.286. The lowest BCUT2D eigenvalue weighted by atomic mass is 10.1. The molecule has 10 heteroatoms. The van der Waals surface area contributed by atoms with E-state index in [4.69, 9.17) is 33.9 Å². The Morgan fingerprint density at radius 3 is 2.13 bits per heavy atom. The van der Waals surface area contributed by atoms with E-state index in [0.717, 1.165) is 0 Å². The summed E-state index contributed by atoms with van der Waals surface area (Å²) in [5, 5.41) is 47.5. The second kappa shape index (κ2) is 10.0. The van der Waals surface area contributed by atoms with Crippen molar-refractivity contribution in [2.24, 2.45) is 0 Å². The van der Waals surface area contributed by atoms with Crippen molar-refractivity contribution in [2.75, 3.05) is 39.6 Å². The molecule has 3 aromatic rings. The third-order valence-corrected chi connectivity index (χ3v) is 4.21. The van der Waals surface area contributed by atoms with E-state index in [1.54, 1.807) is 0 Å². The molecule has 0 fully saturated rings. The van der Waals surface area contributed by atoms with Gasteiger partial charge >= 0.3 is 5.43 Å². The van der Waals surface area contributed by atoms with Crippen LogP contribution in [0.3, 0.4) is 0 Å². The van der Waals surface area contributed by atoms with Crippen molar-refractivity contribution in [3.8, 4) is 40.1 Å². The molecule has 31 heavy (non-hydrogen) atoms. The Morgan fingerprint density at radius 2 is 1.45 bits per heavy atom. The third kappa shape index (κ3) is 4.82. The maximum atomic E-state index is 10.5. The molecule has 0 saturated heterocycles. The lowest BCUT2D eigenvalue weighted by Gasteiger charge is -2.13. The van der Waals surface area contributed by atoms with Crippen molar-refractivity contribution in [1.82, 2.24) is 0 Å². The van der Waals surface area contributed by atoms with Gasteiger partial charge in [-0.25, -0.2) is 0 Å². The predicted molar refractivity (Wildman–Crippen MR) is 108 cm³/mol. The molecule has 166 valence electrons. The zero-order valence-electron chi connectivity index (χ0n) is 16.4. The number of aliphatic hydroxyl groups is 3. The Morgan fingerprint density at radius 1 is 0.806 bits per heavy atom. The van der Waals surface area contributed by atoms with Crippen molar-refractivity contribution in [3.63, 3.8) is 0 Å². The number of ether oxygens (including phenoxy) is 3. The second-order valence-corrected chi connectivity index (χ2v) is 6.32. The molecule has 0 unspecified atom stereocenters. The zero-order chi connectivity index (χ0) is 22.4. The molecule has 0 aliphatic heterocycles. The van der Waals surface area contributed by atoms with Gasteiger partial charge in [0.15, 0.2) is 28.2 Å². The number of aromatic hydroxyl groups is 2. The molecule has 0 bridgehead atoms. The van der Waals surface area contributed by atoms with Crippen molar-refractivity contribution in [3.05, 3.63) is 35.8 Å². The summed E-state index contributed by atoms with van der Waals surface area (Å²) in [4.78, 5) is 10.5. The first-order valence-corrected chi connectivity index (χ1v) is 9.40. The van der Waals surface area contributed by atoms with E-state index in [0.29, 0.717) is 11.3 Å². The summed E-state index contributed by atoms with van der Waals surface area (Å²) in [6.07, 6.45) is 0. The molecule has 2 aromatic carbocycles. The lowest BCUT2D eigenvalue weighted by Crippen LogP contribution is -2.08. The highest BCUT2D eigenvalue weighted by atomic mass is 16.5.